The van der Waals surface area contributed by atoms with E-state index >= 15 is 0 Å². The predicted molar refractivity (Wildman–Crippen MR) is 125 cm³/mol. The van der Waals surface area contributed by atoms with Crippen molar-refractivity contribution in [1.82, 2.24) is 9.88 Å². The number of carbonyl (C=O) groups excluding carboxylic acids is 1. The molecule has 0 radical (unpaired) electrons. The second-order valence-corrected chi connectivity index (χ2v) is 9.63. The van der Waals surface area contributed by atoms with Crippen LogP contribution in [0.3, 0.4) is 0 Å². The molecule has 8 heteroatoms. The second kappa shape index (κ2) is 8.05. The topological polar surface area (TPSA) is 92.8 Å². The van der Waals surface area contributed by atoms with E-state index in [-0.39, 0.29) is 36.5 Å². The maximum atomic E-state index is 13.3. The third kappa shape index (κ3) is 3.84. The highest BCUT2D eigenvalue weighted by Crippen LogP contribution is 2.42. The highest BCUT2D eigenvalue weighted by atomic mass is 35.5. The third-order valence-corrected chi connectivity index (χ3v) is 7.18. The number of fused-ring (bicyclic) bond motifs is 2. The van der Waals surface area contributed by atoms with Crippen LogP contribution in [-0.2, 0) is 15.1 Å². The van der Waals surface area contributed by atoms with Crippen molar-refractivity contribution in [2.24, 2.45) is 10.7 Å². The van der Waals surface area contributed by atoms with Gasteiger partial charge in [-0.15, -0.1) is 0 Å². The van der Waals surface area contributed by atoms with Gasteiger partial charge in [0.25, 0.3) is 0 Å². The van der Waals surface area contributed by atoms with E-state index in [0.717, 1.165) is 48.3 Å². The first-order valence-corrected chi connectivity index (χ1v) is 11.5. The Morgan fingerprint density at radius 2 is 1.97 bits per heavy atom. The minimum atomic E-state index is -0.831. The van der Waals surface area contributed by atoms with Gasteiger partial charge >= 0.3 is 0 Å². The van der Waals surface area contributed by atoms with Gasteiger partial charge in [-0.2, -0.15) is 0 Å². The summed E-state index contributed by atoms with van der Waals surface area (Å²) in [6.07, 6.45) is 6.19. The van der Waals surface area contributed by atoms with Crippen molar-refractivity contribution in [1.29, 1.82) is 0 Å². The molecule has 4 heterocycles. The number of nitrogens with two attached hydrogens (primary N) is 1. The molecule has 2 fully saturated rings. The van der Waals surface area contributed by atoms with Crippen molar-refractivity contribution in [3.8, 4) is 0 Å². The number of anilines is 2. The molecule has 3 atom stereocenters. The summed E-state index contributed by atoms with van der Waals surface area (Å²) < 4.78 is 5.94. The summed E-state index contributed by atoms with van der Waals surface area (Å²) in [5.41, 5.74) is 8.85. The summed E-state index contributed by atoms with van der Waals surface area (Å²) in [7, 11) is 0. The standard InChI is InChI=1S/C24H28ClN5O2/c1-14-6-7-15(13-27-14)28-20-5-3-4-19(22(20)25)24(2)12-21(31)30(23(26)29-24)16-10-17-8-9-18(11-16)32-17/h3-7,13,16-18,28H,8-12H2,1-2H3,(H2,26,29)/t16?,17?,18?,24-/m0/s1. The van der Waals surface area contributed by atoms with E-state index in [9.17, 15) is 4.79 Å². The fourth-order valence-corrected chi connectivity index (χ4v) is 5.56. The first-order chi connectivity index (χ1) is 15.3. The van der Waals surface area contributed by atoms with Crippen molar-refractivity contribution >= 4 is 34.8 Å². The number of nitrogens with one attached hydrogen (secondary N) is 1. The number of carbonyl (C=O) groups is 1. The number of guanidine groups is 1. The summed E-state index contributed by atoms with van der Waals surface area (Å²) in [4.78, 5) is 24.1. The summed E-state index contributed by atoms with van der Waals surface area (Å²) >= 11 is 6.81. The van der Waals surface area contributed by atoms with E-state index in [4.69, 9.17) is 27.1 Å². The Morgan fingerprint density at radius 1 is 1.22 bits per heavy atom. The van der Waals surface area contributed by atoms with E-state index in [1.165, 1.54) is 0 Å². The molecule has 0 aliphatic carbocycles. The van der Waals surface area contributed by atoms with Gasteiger partial charge in [0.2, 0.25) is 5.91 Å². The van der Waals surface area contributed by atoms with Crippen LogP contribution < -0.4 is 11.1 Å². The van der Waals surface area contributed by atoms with Crippen LogP contribution in [0.4, 0.5) is 11.4 Å². The molecule has 5 rings (SSSR count). The van der Waals surface area contributed by atoms with E-state index in [0.29, 0.717) is 5.02 Å². The number of nitrogens with zero attached hydrogens (tertiary/aromatic N) is 3. The maximum absolute atomic E-state index is 13.3. The monoisotopic (exact) mass is 453 g/mol. The number of hydrogen-bond acceptors (Lipinski definition) is 6. The molecule has 2 bridgehead atoms. The van der Waals surface area contributed by atoms with Crippen LogP contribution in [0.5, 0.6) is 0 Å². The Bertz CT molecular complexity index is 1060. The molecular weight excluding hydrogens is 426 g/mol. The summed E-state index contributed by atoms with van der Waals surface area (Å²) in [5.74, 6) is 0.260. The molecule has 7 nitrogen and oxygen atoms in total. The molecule has 2 saturated heterocycles. The lowest BCUT2D eigenvalue weighted by Gasteiger charge is -2.42. The van der Waals surface area contributed by atoms with Gasteiger partial charge in [-0.05, 0) is 57.7 Å². The fraction of sp³-hybridized carbons (Fsp3) is 0.458. The Balaban J connectivity index is 1.42. The Hall–Kier alpha value is -2.64. The molecule has 1 amide bonds. The smallest absolute Gasteiger partial charge is 0.232 e. The van der Waals surface area contributed by atoms with Gasteiger partial charge in [0.15, 0.2) is 5.96 Å². The number of rotatable bonds is 4. The average molecular weight is 454 g/mol. The lowest BCUT2D eigenvalue weighted by molar-refractivity contribution is -0.134. The summed E-state index contributed by atoms with van der Waals surface area (Å²) in [6, 6.07) is 9.66. The fourth-order valence-electron chi connectivity index (χ4n) is 5.18. The highest BCUT2D eigenvalue weighted by molar-refractivity contribution is 6.34. The van der Waals surface area contributed by atoms with E-state index < -0.39 is 5.54 Å². The average Bonchev–Trinajstić information content (AvgIpc) is 3.08. The predicted octanol–water partition coefficient (Wildman–Crippen LogP) is 4.26. The van der Waals surface area contributed by atoms with Gasteiger partial charge in [0.1, 0.15) is 0 Å². The summed E-state index contributed by atoms with van der Waals surface area (Å²) in [6.45, 7) is 3.86. The van der Waals surface area contributed by atoms with Gasteiger partial charge in [-0.25, -0.2) is 4.99 Å². The van der Waals surface area contributed by atoms with Crippen molar-refractivity contribution in [3.63, 3.8) is 0 Å². The number of hydrogen-bond donors (Lipinski definition) is 2. The molecule has 168 valence electrons. The molecule has 3 N–H and O–H groups in total. The SMILES string of the molecule is Cc1ccc(Nc2cccc([C@]3(C)CC(=O)N(C4CC5CCC(C4)O5)C(N)=N3)c2Cl)cn1. The third-order valence-electron chi connectivity index (χ3n) is 6.77. The number of benzene rings is 1. The quantitative estimate of drug-likeness (QED) is 0.721. The van der Waals surface area contributed by atoms with Crippen LogP contribution in [0.15, 0.2) is 41.5 Å². The van der Waals surface area contributed by atoms with Gasteiger partial charge in [0, 0.05) is 17.3 Å². The van der Waals surface area contributed by atoms with Gasteiger partial charge in [-0.3, -0.25) is 14.7 Å². The number of aryl methyl sites for hydroxylation is 1. The molecule has 1 aromatic heterocycles. The van der Waals surface area contributed by atoms with Crippen molar-refractivity contribution in [2.45, 2.75) is 69.7 Å². The lowest BCUT2D eigenvalue weighted by atomic mass is 9.86. The molecule has 32 heavy (non-hydrogen) atoms. The molecule has 1 aromatic carbocycles. The first-order valence-electron chi connectivity index (χ1n) is 11.1. The number of ether oxygens (including phenoxy) is 1. The molecule has 3 aliphatic heterocycles. The molecule has 3 aliphatic rings. The highest BCUT2D eigenvalue weighted by Gasteiger charge is 2.45. The van der Waals surface area contributed by atoms with Crippen molar-refractivity contribution in [2.75, 3.05) is 5.32 Å². The van der Waals surface area contributed by atoms with Crippen molar-refractivity contribution < 1.29 is 9.53 Å². The molecule has 2 unspecified atom stereocenters. The lowest BCUT2D eigenvalue weighted by Crippen LogP contribution is -2.56. The van der Waals surface area contributed by atoms with E-state index in [2.05, 4.69) is 10.3 Å². The number of amides is 1. The maximum Gasteiger partial charge on any atom is 0.232 e. The van der Waals surface area contributed by atoms with Crippen LogP contribution in [0.1, 0.15) is 50.3 Å². The Morgan fingerprint density at radius 3 is 2.62 bits per heavy atom. The molecule has 0 saturated carbocycles. The van der Waals surface area contributed by atoms with E-state index in [1.54, 1.807) is 11.1 Å². The number of pyridine rings is 1. The van der Waals surface area contributed by atoms with Gasteiger partial charge in [-0.1, -0.05) is 23.7 Å². The number of aliphatic imine (C=N–C) groups is 1. The Kier molecular flexibility index (Phi) is 5.34. The zero-order valence-electron chi connectivity index (χ0n) is 18.3. The van der Waals surface area contributed by atoms with Crippen LogP contribution in [-0.4, -0.2) is 40.0 Å². The van der Waals surface area contributed by atoms with Crippen LogP contribution in [0, 0.1) is 6.92 Å². The minimum Gasteiger partial charge on any atom is -0.375 e. The second-order valence-electron chi connectivity index (χ2n) is 9.25. The van der Waals surface area contributed by atoms with Crippen LogP contribution in [0.25, 0.3) is 0 Å². The molecule has 2 aromatic rings. The van der Waals surface area contributed by atoms with Crippen molar-refractivity contribution in [3.05, 3.63) is 52.8 Å². The van der Waals surface area contributed by atoms with Gasteiger partial charge < -0.3 is 15.8 Å². The van der Waals surface area contributed by atoms with E-state index in [1.807, 2.05) is 44.2 Å². The minimum absolute atomic E-state index is 0.0107. The molecular formula is C24H28ClN5O2. The first kappa shape index (κ1) is 21.2. The zero-order chi connectivity index (χ0) is 22.5. The normalized spacial score (nSPS) is 29.7. The Labute approximate surface area is 193 Å². The zero-order valence-corrected chi connectivity index (χ0v) is 19.1. The number of halogens is 1. The summed E-state index contributed by atoms with van der Waals surface area (Å²) in [5, 5.41) is 3.84. The van der Waals surface area contributed by atoms with Gasteiger partial charge in [0.05, 0.1) is 46.8 Å². The number of aromatic nitrogens is 1. The van der Waals surface area contributed by atoms with Crippen LogP contribution >= 0.6 is 11.6 Å². The van der Waals surface area contributed by atoms with Crippen LogP contribution in [0.2, 0.25) is 5.02 Å². The molecule has 0 spiro atoms. The largest absolute Gasteiger partial charge is 0.375 e.